The Bertz CT molecular complexity index is 300. The number of hydrogen-bond acceptors (Lipinski definition) is 1. The molecule has 1 saturated carbocycles. The second kappa shape index (κ2) is 5.49. The van der Waals surface area contributed by atoms with Gasteiger partial charge in [0.05, 0.1) is 0 Å². The number of rotatable bonds is 5. The quantitative estimate of drug-likeness (QED) is 0.792. The van der Waals surface area contributed by atoms with Gasteiger partial charge in [0.25, 0.3) is 0 Å². The molecule has 0 radical (unpaired) electrons. The first kappa shape index (κ1) is 11.7. The number of nitrogens with one attached hydrogen (secondary N) is 1. The topological polar surface area (TPSA) is 12.0 Å². The summed E-state index contributed by atoms with van der Waals surface area (Å²) in [5.74, 6) is 0.799. The highest BCUT2D eigenvalue weighted by molar-refractivity contribution is 5.22. The van der Waals surface area contributed by atoms with Crippen LogP contribution in [0.5, 0.6) is 0 Å². The zero-order valence-corrected chi connectivity index (χ0v) is 10.4. The second-order valence-corrected chi connectivity index (χ2v) is 5.13. The van der Waals surface area contributed by atoms with Crippen LogP contribution in [0.25, 0.3) is 0 Å². The van der Waals surface area contributed by atoms with Crippen LogP contribution >= 0.6 is 0 Å². The summed E-state index contributed by atoms with van der Waals surface area (Å²) < 4.78 is 0. The highest BCUT2D eigenvalue weighted by Gasteiger charge is 2.30. The highest BCUT2D eigenvalue weighted by atomic mass is 15.0. The van der Waals surface area contributed by atoms with Crippen molar-refractivity contribution >= 4 is 0 Å². The lowest BCUT2D eigenvalue weighted by atomic mass is 9.75. The van der Waals surface area contributed by atoms with Crippen molar-refractivity contribution in [3.8, 4) is 0 Å². The lowest BCUT2D eigenvalue weighted by Gasteiger charge is -2.38. The number of hydrogen-bond donors (Lipinski definition) is 1. The first-order chi connectivity index (χ1) is 7.79. The molecule has 0 saturated heterocycles. The Balaban J connectivity index is 1.74. The average molecular weight is 217 g/mol. The molecular formula is C15H23N. The molecule has 0 amide bonds. The van der Waals surface area contributed by atoms with Crippen molar-refractivity contribution in [3.63, 3.8) is 0 Å². The second-order valence-electron chi connectivity index (χ2n) is 5.13. The van der Waals surface area contributed by atoms with Gasteiger partial charge in [-0.1, -0.05) is 43.7 Å². The van der Waals surface area contributed by atoms with E-state index in [9.17, 15) is 0 Å². The zero-order chi connectivity index (χ0) is 11.4. The lowest BCUT2D eigenvalue weighted by molar-refractivity contribution is 0.264. The summed E-state index contributed by atoms with van der Waals surface area (Å²) >= 11 is 0. The van der Waals surface area contributed by atoms with E-state index < -0.39 is 0 Å². The van der Waals surface area contributed by atoms with Crippen molar-refractivity contribution in [2.75, 3.05) is 0 Å². The zero-order valence-electron chi connectivity index (χ0n) is 10.4. The van der Waals surface area contributed by atoms with Gasteiger partial charge in [-0.25, -0.2) is 0 Å². The van der Waals surface area contributed by atoms with Crippen molar-refractivity contribution in [2.45, 2.75) is 57.5 Å². The fourth-order valence-corrected chi connectivity index (χ4v) is 2.67. The molecule has 1 aromatic rings. The molecule has 1 aromatic carbocycles. The molecule has 1 heteroatoms. The molecule has 2 rings (SSSR count). The molecule has 0 heterocycles. The molecule has 1 fully saturated rings. The monoisotopic (exact) mass is 217 g/mol. The van der Waals surface area contributed by atoms with Crippen molar-refractivity contribution in [3.05, 3.63) is 35.9 Å². The van der Waals surface area contributed by atoms with Gasteiger partial charge < -0.3 is 5.32 Å². The van der Waals surface area contributed by atoms with E-state index in [4.69, 9.17) is 0 Å². The maximum atomic E-state index is 3.72. The number of benzene rings is 1. The first-order valence-corrected chi connectivity index (χ1v) is 6.60. The molecule has 0 aliphatic heterocycles. The molecule has 0 aromatic heterocycles. The Hall–Kier alpha value is -0.820. The minimum absolute atomic E-state index is 0.687. The molecule has 1 aliphatic rings. The average Bonchev–Trinajstić information content (AvgIpc) is 2.24. The van der Waals surface area contributed by atoms with Crippen molar-refractivity contribution in [2.24, 2.45) is 0 Å². The Morgan fingerprint density at radius 1 is 1.25 bits per heavy atom. The van der Waals surface area contributed by atoms with Crippen molar-refractivity contribution < 1.29 is 0 Å². The van der Waals surface area contributed by atoms with Crippen LogP contribution in [-0.2, 0) is 0 Å². The highest BCUT2D eigenvalue weighted by Crippen LogP contribution is 2.36. The summed E-state index contributed by atoms with van der Waals surface area (Å²) in [7, 11) is 0. The van der Waals surface area contributed by atoms with Crippen LogP contribution in [0.15, 0.2) is 30.3 Å². The fraction of sp³-hybridized carbons (Fsp3) is 0.600. The molecule has 1 N–H and O–H groups in total. The van der Waals surface area contributed by atoms with Gasteiger partial charge in [0.2, 0.25) is 0 Å². The van der Waals surface area contributed by atoms with Gasteiger partial charge in [-0.3, -0.25) is 0 Å². The summed E-state index contributed by atoms with van der Waals surface area (Å²) in [5, 5.41) is 3.72. The predicted molar refractivity (Wildman–Crippen MR) is 69.7 cm³/mol. The maximum absolute atomic E-state index is 3.72. The van der Waals surface area contributed by atoms with E-state index in [2.05, 4.69) is 49.5 Å². The fourth-order valence-electron chi connectivity index (χ4n) is 2.67. The van der Waals surface area contributed by atoms with Crippen LogP contribution in [0.1, 0.15) is 51.0 Å². The summed E-state index contributed by atoms with van der Waals surface area (Å²) in [6.45, 7) is 4.56. The third-order valence-electron chi connectivity index (χ3n) is 3.65. The smallest absolute Gasteiger partial charge is 0.00812 e. The Morgan fingerprint density at radius 3 is 2.56 bits per heavy atom. The van der Waals surface area contributed by atoms with Crippen LogP contribution in [0.3, 0.4) is 0 Å². The minimum Gasteiger partial charge on any atom is -0.311 e. The van der Waals surface area contributed by atoms with E-state index in [1.54, 1.807) is 0 Å². The molecule has 0 bridgehead atoms. The van der Waals surface area contributed by atoms with Gasteiger partial charge >= 0.3 is 0 Å². The summed E-state index contributed by atoms with van der Waals surface area (Å²) in [6.07, 6.45) is 5.21. The third kappa shape index (κ3) is 2.85. The molecule has 0 spiro atoms. The van der Waals surface area contributed by atoms with E-state index >= 15 is 0 Å². The Kier molecular flexibility index (Phi) is 4.00. The minimum atomic E-state index is 0.687. The summed E-state index contributed by atoms with van der Waals surface area (Å²) in [4.78, 5) is 0. The summed E-state index contributed by atoms with van der Waals surface area (Å²) in [5.41, 5.74) is 1.52. The van der Waals surface area contributed by atoms with E-state index in [0.717, 1.165) is 12.0 Å². The molecular weight excluding hydrogens is 194 g/mol. The normalized spacial score (nSPS) is 26.1. The van der Waals surface area contributed by atoms with Gasteiger partial charge in [-0.15, -0.1) is 0 Å². The molecule has 1 nitrogen and oxygen atoms in total. The lowest BCUT2D eigenvalue weighted by Crippen LogP contribution is -2.44. The van der Waals surface area contributed by atoms with Crippen molar-refractivity contribution in [1.29, 1.82) is 0 Å². The molecule has 16 heavy (non-hydrogen) atoms. The van der Waals surface area contributed by atoms with Gasteiger partial charge in [0.15, 0.2) is 0 Å². The van der Waals surface area contributed by atoms with E-state index in [1.807, 2.05) is 0 Å². The molecule has 88 valence electrons. The molecule has 1 aliphatic carbocycles. The molecule has 1 atom stereocenters. The predicted octanol–water partition coefficient (Wildman–Crippen LogP) is 3.71. The largest absolute Gasteiger partial charge is 0.311 e. The maximum Gasteiger partial charge on any atom is 0.00812 e. The van der Waals surface area contributed by atoms with Gasteiger partial charge in [0, 0.05) is 12.1 Å². The Morgan fingerprint density at radius 2 is 1.94 bits per heavy atom. The van der Waals surface area contributed by atoms with Crippen LogP contribution in [0.4, 0.5) is 0 Å². The van der Waals surface area contributed by atoms with Gasteiger partial charge in [-0.05, 0) is 37.7 Å². The van der Waals surface area contributed by atoms with Crippen molar-refractivity contribution in [1.82, 2.24) is 5.32 Å². The van der Waals surface area contributed by atoms with Gasteiger partial charge in [-0.2, -0.15) is 0 Å². The third-order valence-corrected chi connectivity index (χ3v) is 3.65. The van der Waals surface area contributed by atoms with E-state index in [1.165, 1.54) is 31.2 Å². The van der Waals surface area contributed by atoms with Crippen LogP contribution in [0.2, 0.25) is 0 Å². The Labute approximate surface area is 99.3 Å². The van der Waals surface area contributed by atoms with E-state index in [-0.39, 0.29) is 0 Å². The first-order valence-electron chi connectivity index (χ1n) is 6.60. The standard InChI is InChI=1S/C15H23N/c1-3-7-12(2)16-15-10-14(11-15)13-8-5-4-6-9-13/h4-6,8-9,12,14-16H,3,7,10-11H2,1-2H3. The van der Waals surface area contributed by atoms with E-state index in [0.29, 0.717) is 6.04 Å². The van der Waals surface area contributed by atoms with Crippen LogP contribution in [0, 0.1) is 0 Å². The van der Waals surface area contributed by atoms with Gasteiger partial charge in [0.1, 0.15) is 0 Å². The SMILES string of the molecule is CCCC(C)NC1CC(c2ccccc2)C1. The van der Waals surface area contributed by atoms with Crippen LogP contribution < -0.4 is 5.32 Å². The summed E-state index contributed by atoms with van der Waals surface area (Å²) in [6, 6.07) is 12.4. The molecule has 1 unspecified atom stereocenters. The van der Waals surface area contributed by atoms with Crippen LogP contribution in [-0.4, -0.2) is 12.1 Å².